The van der Waals surface area contributed by atoms with Crippen molar-refractivity contribution in [2.75, 3.05) is 7.05 Å². The number of halogens is 1. The lowest BCUT2D eigenvalue weighted by molar-refractivity contribution is 0.550. The highest BCUT2D eigenvalue weighted by Crippen LogP contribution is 2.34. The van der Waals surface area contributed by atoms with Crippen LogP contribution in [0.3, 0.4) is 0 Å². The zero-order valence-corrected chi connectivity index (χ0v) is 10.2. The lowest BCUT2D eigenvalue weighted by Crippen LogP contribution is -2.32. The van der Waals surface area contributed by atoms with Crippen LogP contribution in [0.2, 0.25) is 0 Å². The minimum Gasteiger partial charge on any atom is -0.361 e. The Hall–Kier alpha value is -0.800. The summed E-state index contributed by atoms with van der Waals surface area (Å²) in [5.41, 5.74) is 4.14. The molecule has 1 aromatic heterocycles. The topological polar surface area (TPSA) is 27.8 Å². The third-order valence-corrected chi connectivity index (χ3v) is 4.05. The Balaban J connectivity index is 2.28. The Kier molecular flexibility index (Phi) is 2.11. The minimum atomic E-state index is 0.565. The highest BCUT2D eigenvalue weighted by molar-refractivity contribution is 9.10. The number of hydrogen-bond acceptors (Lipinski definition) is 1. The molecule has 0 spiro atoms. The average molecular weight is 265 g/mol. The van der Waals surface area contributed by atoms with Crippen molar-refractivity contribution in [2.24, 2.45) is 0 Å². The van der Waals surface area contributed by atoms with Crippen molar-refractivity contribution in [1.82, 2.24) is 10.3 Å². The van der Waals surface area contributed by atoms with Gasteiger partial charge in [0.25, 0.3) is 0 Å². The summed E-state index contributed by atoms with van der Waals surface area (Å²) in [6, 6.07) is 4.84. The van der Waals surface area contributed by atoms with Gasteiger partial charge in [-0.05, 0) is 43.1 Å². The van der Waals surface area contributed by atoms with Crippen molar-refractivity contribution < 1.29 is 0 Å². The van der Waals surface area contributed by atoms with Crippen LogP contribution < -0.4 is 5.32 Å². The van der Waals surface area contributed by atoms with Crippen molar-refractivity contribution in [1.29, 1.82) is 0 Å². The van der Waals surface area contributed by atoms with Gasteiger partial charge >= 0.3 is 0 Å². The maximum absolute atomic E-state index is 3.65. The molecule has 0 aliphatic heterocycles. The van der Waals surface area contributed by atoms with Gasteiger partial charge in [-0.2, -0.15) is 0 Å². The molecule has 0 saturated carbocycles. The first-order valence-corrected chi connectivity index (χ1v) is 6.03. The van der Waals surface area contributed by atoms with E-state index in [1.54, 1.807) is 0 Å². The number of aromatic nitrogens is 1. The van der Waals surface area contributed by atoms with Gasteiger partial charge in [0.2, 0.25) is 0 Å². The molecule has 3 rings (SSSR count). The van der Waals surface area contributed by atoms with Crippen molar-refractivity contribution in [3.8, 4) is 0 Å². The maximum Gasteiger partial charge on any atom is 0.0460 e. The van der Waals surface area contributed by atoms with Gasteiger partial charge in [0.1, 0.15) is 0 Å². The Morgan fingerprint density at radius 2 is 2.27 bits per heavy atom. The Morgan fingerprint density at radius 1 is 1.40 bits per heavy atom. The maximum atomic E-state index is 3.65. The summed E-state index contributed by atoms with van der Waals surface area (Å²) in [5, 5.41) is 4.80. The van der Waals surface area contributed by atoms with Gasteiger partial charge in [-0.25, -0.2) is 0 Å². The van der Waals surface area contributed by atoms with Crippen molar-refractivity contribution >= 4 is 26.8 Å². The van der Waals surface area contributed by atoms with Gasteiger partial charge in [-0.15, -0.1) is 0 Å². The quantitative estimate of drug-likeness (QED) is 0.815. The number of hydrogen-bond donors (Lipinski definition) is 2. The van der Waals surface area contributed by atoms with Crippen LogP contribution in [0.15, 0.2) is 22.8 Å². The van der Waals surface area contributed by atoms with E-state index in [4.69, 9.17) is 0 Å². The van der Waals surface area contributed by atoms with E-state index in [1.807, 2.05) is 7.05 Å². The fourth-order valence-electron chi connectivity index (χ4n) is 2.50. The van der Waals surface area contributed by atoms with Crippen LogP contribution in [0, 0.1) is 0 Å². The summed E-state index contributed by atoms with van der Waals surface area (Å²) in [7, 11) is 2.04. The standard InChI is InChI=1S/C12H13BrN2/c1-14-8-4-7-6-15-11-3-2-10(13)9(5-8)12(7)11/h2-3,6,8,14-15H,4-5H2,1H3. The highest BCUT2D eigenvalue weighted by atomic mass is 79.9. The fourth-order valence-corrected chi connectivity index (χ4v) is 2.99. The van der Waals surface area contributed by atoms with Gasteiger partial charge in [0.05, 0.1) is 0 Å². The molecular formula is C12H13BrN2. The third kappa shape index (κ3) is 1.34. The Bertz CT molecular complexity index is 516. The van der Waals surface area contributed by atoms with Crippen LogP contribution in [0.5, 0.6) is 0 Å². The fraction of sp³-hybridized carbons (Fsp3) is 0.333. The molecule has 2 N–H and O–H groups in total. The molecule has 0 fully saturated rings. The summed E-state index contributed by atoms with van der Waals surface area (Å²) >= 11 is 3.65. The molecule has 0 bridgehead atoms. The zero-order valence-electron chi connectivity index (χ0n) is 8.60. The second-order valence-corrected chi connectivity index (χ2v) is 5.01. The van der Waals surface area contributed by atoms with Gasteiger partial charge in [-0.1, -0.05) is 15.9 Å². The first kappa shape index (κ1) is 9.43. The van der Waals surface area contributed by atoms with Crippen molar-refractivity contribution in [3.05, 3.63) is 33.9 Å². The number of rotatable bonds is 1. The SMILES string of the molecule is CNC1Cc2c[nH]c3ccc(Br)c(c23)C1. The number of likely N-dealkylation sites (N-methyl/N-ethyl adjacent to an activating group) is 1. The van der Waals surface area contributed by atoms with E-state index in [0.717, 1.165) is 12.8 Å². The van der Waals surface area contributed by atoms with E-state index in [9.17, 15) is 0 Å². The van der Waals surface area contributed by atoms with Crippen LogP contribution in [0.4, 0.5) is 0 Å². The molecule has 1 aliphatic carbocycles. The summed E-state index contributed by atoms with van der Waals surface area (Å²) in [6.45, 7) is 0. The molecule has 1 aliphatic rings. The van der Waals surface area contributed by atoms with E-state index in [1.165, 1.54) is 26.5 Å². The van der Waals surface area contributed by atoms with Crippen LogP contribution in [-0.4, -0.2) is 18.1 Å². The monoisotopic (exact) mass is 264 g/mol. The Morgan fingerprint density at radius 3 is 3.07 bits per heavy atom. The normalized spacial score (nSPS) is 19.7. The summed E-state index contributed by atoms with van der Waals surface area (Å²) in [6.07, 6.45) is 4.38. The molecule has 0 amide bonds. The molecular weight excluding hydrogens is 252 g/mol. The largest absolute Gasteiger partial charge is 0.361 e. The predicted molar refractivity (Wildman–Crippen MR) is 66.3 cm³/mol. The van der Waals surface area contributed by atoms with E-state index in [0.29, 0.717) is 6.04 Å². The lowest BCUT2D eigenvalue weighted by atomic mass is 9.89. The number of H-pyrrole nitrogens is 1. The molecule has 0 radical (unpaired) electrons. The van der Waals surface area contributed by atoms with Crippen LogP contribution in [-0.2, 0) is 12.8 Å². The van der Waals surface area contributed by atoms with Crippen LogP contribution in [0.25, 0.3) is 10.9 Å². The molecule has 15 heavy (non-hydrogen) atoms. The van der Waals surface area contributed by atoms with E-state index < -0.39 is 0 Å². The third-order valence-electron chi connectivity index (χ3n) is 3.30. The van der Waals surface area contributed by atoms with Crippen LogP contribution >= 0.6 is 15.9 Å². The number of aromatic amines is 1. The molecule has 1 unspecified atom stereocenters. The summed E-state index contributed by atoms with van der Waals surface area (Å²) in [4.78, 5) is 3.34. The van der Waals surface area contributed by atoms with Crippen molar-refractivity contribution in [3.63, 3.8) is 0 Å². The predicted octanol–water partition coefficient (Wildman–Crippen LogP) is 2.62. The van der Waals surface area contributed by atoms with Gasteiger partial charge in [-0.3, -0.25) is 0 Å². The molecule has 2 aromatic rings. The molecule has 78 valence electrons. The summed E-state index contributed by atoms with van der Waals surface area (Å²) in [5.74, 6) is 0. The average Bonchev–Trinajstić information content (AvgIpc) is 2.67. The lowest BCUT2D eigenvalue weighted by Gasteiger charge is -2.22. The second-order valence-electron chi connectivity index (χ2n) is 4.16. The van der Waals surface area contributed by atoms with E-state index in [2.05, 4.69) is 44.6 Å². The highest BCUT2D eigenvalue weighted by Gasteiger charge is 2.22. The van der Waals surface area contributed by atoms with Gasteiger partial charge in [0.15, 0.2) is 0 Å². The molecule has 2 nitrogen and oxygen atoms in total. The Labute approximate surface area is 97.2 Å². The smallest absolute Gasteiger partial charge is 0.0460 e. The summed E-state index contributed by atoms with van der Waals surface area (Å²) < 4.78 is 1.23. The molecule has 1 heterocycles. The number of nitrogens with one attached hydrogen (secondary N) is 2. The molecule has 1 atom stereocenters. The zero-order chi connectivity index (χ0) is 10.4. The first-order chi connectivity index (χ1) is 7.29. The van der Waals surface area contributed by atoms with Crippen LogP contribution in [0.1, 0.15) is 11.1 Å². The first-order valence-electron chi connectivity index (χ1n) is 5.24. The van der Waals surface area contributed by atoms with Gasteiger partial charge < -0.3 is 10.3 Å². The number of benzene rings is 1. The van der Waals surface area contributed by atoms with Gasteiger partial charge in [0, 0.05) is 27.6 Å². The molecule has 0 saturated heterocycles. The van der Waals surface area contributed by atoms with Crippen molar-refractivity contribution in [2.45, 2.75) is 18.9 Å². The second kappa shape index (κ2) is 3.35. The molecule has 3 heteroatoms. The minimum absolute atomic E-state index is 0.565. The van der Waals surface area contributed by atoms with E-state index in [-0.39, 0.29) is 0 Å². The molecule has 1 aromatic carbocycles. The van der Waals surface area contributed by atoms with E-state index >= 15 is 0 Å².